The highest BCUT2D eigenvalue weighted by molar-refractivity contribution is 5.82. The van der Waals surface area contributed by atoms with Crippen molar-refractivity contribution in [2.45, 2.75) is 33.6 Å². The first-order chi connectivity index (χ1) is 6.40. The van der Waals surface area contributed by atoms with Gasteiger partial charge < -0.3 is 5.73 Å². The van der Waals surface area contributed by atoms with Gasteiger partial charge in [-0.1, -0.05) is 20.8 Å². The lowest BCUT2D eigenvalue weighted by Gasteiger charge is -2.59. The Morgan fingerprint density at radius 1 is 1.29 bits per heavy atom. The lowest BCUT2D eigenvalue weighted by Crippen LogP contribution is -2.52. The van der Waals surface area contributed by atoms with E-state index < -0.39 is 0 Å². The molecule has 5 atom stereocenters. The van der Waals surface area contributed by atoms with Crippen molar-refractivity contribution < 1.29 is 4.79 Å². The third-order valence-corrected chi connectivity index (χ3v) is 5.83. The molecule has 14 heavy (non-hydrogen) atoms. The Morgan fingerprint density at radius 3 is 2.36 bits per heavy atom. The molecule has 0 aromatic rings. The summed E-state index contributed by atoms with van der Waals surface area (Å²) in [6, 6.07) is 0. The van der Waals surface area contributed by atoms with E-state index in [-0.39, 0.29) is 17.2 Å². The van der Waals surface area contributed by atoms with Crippen molar-refractivity contribution in [1.29, 1.82) is 0 Å². The van der Waals surface area contributed by atoms with Crippen LogP contribution in [0.3, 0.4) is 0 Å². The van der Waals surface area contributed by atoms with Crippen LogP contribution in [0, 0.1) is 34.5 Å². The second-order valence-corrected chi connectivity index (χ2v) is 6.39. The number of nitrogens with two attached hydrogens (primary N) is 1. The number of hydrogen-bond donors (Lipinski definition) is 1. The van der Waals surface area contributed by atoms with Crippen LogP contribution < -0.4 is 5.73 Å². The van der Waals surface area contributed by atoms with E-state index in [9.17, 15) is 4.79 Å². The van der Waals surface area contributed by atoms with E-state index in [1.54, 1.807) is 0 Å². The van der Waals surface area contributed by atoms with E-state index in [1.165, 1.54) is 12.8 Å². The van der Waals surface area contributed by atoms with Crippen LogP contribution in [-0.2, 0) is 4.79 Å². The maximum Gasteiger partial charge on any atom is 0.221 e. The van der Waals surface area contributed by atoms with Gasteiger partial charge in [-0.2, -0.15) is 0 Å². The molecule has 4 fully saturated rings. The molecule has 0 spiro atoms. The summed E-state index contributed by atoms with van der Waals surface area (Å²) in [7, 11) is 0. The first-order valence-electron chi connectivity index (χ1n) is 5.69. The standard InChI is InChI=1S/C12H19NO/c1-11(2)6-4-7-9(10(13)14)12(7,3)8(11)5-6/h6-9H,4-5H2,1-3H3,(H2,13,14). The smallest absolute Gasteiger partial charge is 0.221 e. The lowest BCUT2D eigenvalue weighted by molar-refractivity contribution is -0.123. The predicted molar refractivity (Wildman–Crippen MR) is 54.3 cm³/mol. The van der Waals surface area contributed by atoms with Gasteiger partial charge in [0.2, 0.25) is 5.91 Å². The Hall–Kier alpha value is -0.530. The molecule has 2 heteroatoms. The molecule has 1 amide bonds. The van der Waals surface area contributed by atoms with Gasteiger partial charge in [0.05, 0.1) is 0 Å². The molecule has 78 valence electrons. The first-order valence-corrected chi connectivity index (χ1v) is 5.69. The molecule has 0 aliphatic heterocycles. The maximum atomic E-state index is 11.3. The fourth-order valence-corrected chi connectivity index (χ4v) is 4.77. The summed E-state index contributed by atoms with van der Waals surface area (Å²) < 4.78 is 0. The number of amides is 1. The third-order valence-electron chi connectivity index (χ3n) is 5.83. The van der Waals surface area contributed by atoms with Crippen LogP contribution in [-0.4, -0.2) is 5.91 Å². The van der Waals surface area contributed by atoms with Crippen molar-refractivity contribution >= 4 is 5.91 Å². The summed E-state index contributed by atoms with van der Waals surface area (Å²) in [5.74, 6) is 2.36. The van der Waals surface area contributed by atoms with Crippen LogP contribution in [0.4, 0.5) is 0 Å². The molecule has 2 bridgehead atoms. The molecule has 4 aliphatic rings. The number of primary amides is 1. The molecule has 0 heterocycles. The Kier molecular flexibility index (Phi) is 1.27. The highest BCUT2D eigenvalue weighted by Gasteiger charge is 2.77. The van der Waals surface area contributed by atoms with Crippen LogP contribution in [0.25, 0.3) is 0 Å². The molecule has 4 rings (SSSR count). The summed E-state index contributed by atoms with van der Waals surface area (Å²) in [5, 5.41) is 0. The minimum absolute atomic E-state index is 0.0548. The minimum Gasteiger partial charge on any atom is -0.369 e. The molecule has 0 radical (unpaired) electrons. The van der Waals surface area contributed by atoms with E-state index in [0.29, 0.717) is 11.3 Å². The summed E-state index contributed by atoms with van der Waals surface area (Å²) >= 11 is 0. The van der Waals surface area contributed by atoms with Gasteiger partial charge in [-0.15, -0.1) is 0 Å². The van der Waals surface area contributed by atoms with Gasteiger partial charge >= 0.3 is 0 Å². The SMILES string of the molecule is CC1(C)C2CC3C(C(N)=O)C3(C)C1C2. The van der Waals surface area contributed by atoms with Crippen molar-refractivity contribution in [3.05, 3.63) is 0 Å². The Morgan fingerprint density at radius 2 is 1.93 bits per heavy atom. The second-order valence-electron chi connectivity index (χ2n) is 6.39. The van der Waals surface area contributed by atoms with Crippen molar-refractivity contribution in [2.75, 3.05) is 0 Å². The van der Waals surface area contributed by atoms with Gasteiger partial charge in [0.1, 0.15) is 0 Å². The number of hydrogen-bond acceptors (Lipinski definition) is 1. The molecule has 2 nitrogen and oxygen atoms in total. The molecule has 2 N–H and O–H groups in total. The number of carbonyl (C=O) groups is 1. The fourth-order valence-electron chi connectivity index (χ4n) is 4.77. The van der Waals surface area contributed by atoms with Crippen LogP contribution in [0.5, 0.6) is 0 Å². The van der Waals surface area contributed by atoms with E-state index in [0.717, 1.165) is 11.8 Å². The molecule has 5 unspecified atom stereocenters. The number of carbonyl (C=O) groups excluding carboxylic acids is 1. The first kappa shape index (κ1) is 8.75. The quantitative estimate of drug-likeness (QED) is 0.678. The van der Waals surface area contributed by atoms with Crippen LogP contribution in [0.2, 0.25) is 0 Å². The maximum absolute atomic E-state index is 11.3. The average Bonchev–Trinajstić information content (AvgIpc) is 2.69. The normalized spacial score (nSPS) is 57.1. The Labute approximate surface area is 85.2 Å². The third kappa shape index (κ3) is 0.665. The predicted octanol–water partition coefficient (Wildman–Crippen LogP) is 1.79. The Balaban J connectivity index is 1.94. The summed E-state index contributed by atoms with van der Waals surface area (Å²) in [6.07, 6.45) is 2.58. The topological polar surface area (TPSA) is 43.1 Å². The van der Waals surface area contributed by atoms with Crippen molar-refractivity contribution in [1.82, 2.24) is 0 Å². The van der Waals surface area contributed by atoms with Crippen LogP contribution in [0.15, 0.2) is 0 Å². The zero-order valence-electron chi connectivity index (χ0n) is 9.21. The average molecular weight is 193 g/mol. The monoisotopic (exact) mass is 193 g/mol. The molecular formula is C12H19NO. The van der Waals surface area contributed by atoms with Crippen LogP contribution in [0.1, 0.15) is 33.6 Å². The molecule has 4 aliphatic carbocycles. The van der Waals surface area contributed by atoms with Gasteiger partial charge in [0.15, 0.2) is 0 Å². The molecular weight excluding hydrogens is 174 g/mol. The zero-order valence-corrected chi connectivity index (χ0v) is 9.21. The fraction of sp³-hybridized carbons (Fsp3) is 0.917. The van der Waals surface area contributed by atoms with Gasteiger partial charge in [-0.3, -0.25) is 4.79 Å². The van der Waals surface area contributed by atoms with Gasteiger partial charge in [-0.05, 0) is 41.4 Å². The van der Waals surface area contributed by atoms with Crippen LogP contribution >= 0.6 is 0 Å². The van der Waals surface area contributed by atoms with Crippen molar-refractivity contribution in [3.63, 3.8) is 0 Å². The Bertz CT molecular complexity index is 322. The van der Waals surface area contributed by atoms with E-state index >= 15 is 0 Å². The highest BCUT2D eigenvalue weighted by atomic mass is 16.1. The van der Waals surface area contributed by atoms with Gasteiger partial charge in [0, 0.05) is 5.92 Å². The number of rotatable bonds is 1. The van der Waals surface area contributed by atoms with Gasteiger partial charge in [0.25, 0.3) is 0 Å². The van der Waals surface area contributed by atoms with Gasteiger partial charge in [-0.25, -0.2) is 0 Å². The molecule has 0 saturated heterocycles. The zero-order chi connectivity index (χ0) is 10.3. The summed E-state index contributed by atoms with van der Waals surface area (Å²) in [4.78, 5) is 11.3. The second kappa shape index (κ2) is 2.02. The largest absolute Gasteiger partial charge is 0.369 e. The van der Waals surface area contributed by atoms with Crippen molar-refractivity contribution in [3.8, 4) is 0 Å². The summed E-state index contributed by atoms with van der Waals surface area (Å²) in [5.41, 5.74) is 6.21. The van der Waals surface area contributed by atoms with E-state index in [1.807, 2.05) is 0 Å². The molecule has 0 aromatic heterocycles. The highest BCUT2D eigenvalue weighted by Crippen LogP contribution is 2.80. The summed E-state index contributed by atoms with van der Waals surface area (Å²) in [6.45, 7) is 7.02. The van der Waals surface area contributed by atoms with E-state index in [2.05, 4.69) is 20.8 Å². The van der Waals surface area contributed by atoms with Crippen molar-refractivity contribution in [2.24, 2.45) is 40.2 Å². The van der Waals surface area contributed by atoms with E-state index in [4.69, 9.17) is 5.73 Å². The molecule has 4 saturated carbocycles. The lowest BCUT2D eigenvalue weighted by atomic mass is 9.45. The minimum atomic E-state index is -0.0548. The molecule has 0 aromatic carbocycles.